The van der Waals surface area contributed by atoms with Gasteiger partial charge in [-0.2, -0.15) is 0 Å². The number of aromatic nitrogens is 1. The maximum absolute atomic E-state index is 4.34. The van der Waals surface area contributed by atoms with Crippen molar-refractivity contribution in [3.05, 3.63) is 58.2 Å². The molecule has 0 aliphatic rings. The van der Waals surface area contributed by atoms with Crippen LogP contribution in [0, 0.1) is 6.92 Å². The lowest BCUT2D eigenvalue weighted by molar-refractivity contribution is 1.11. The third kappa shape index (κ3) is 2.86. The van der Waals surface area contributed by atoms with Crippen LogP contribution in [0.2, 0.25) is 0 Å². The molecule has 0 bridgehead atoms. The van der Waals surface area contributed by atoms with Gasteiger partial charge in [0.1, 0.15) is 5.03 Å². The zero-order chi connectivity index (χ0) is 11.4. The molecule has 1 heterocycles. The Morgan fingerprint density at radius 2 is 2.00 bits per heavy atom. The highest BCUT2D eigenvalue weighted by molar-refractivity contribution is 9.10. The van der Waals surface area contributed by atoms with Crippen molar-refractivity contribution in [1.29, 1.82) is 0 Å². The van der Waals surface area contributed by atoms with Crippen LogP contribution in [0.1, 0.15) is 11.1 Å². The van der Waals surface area contributed by atoms with Gasteiger partial charge in [0.15, 0.2) is 0 Å². The van der Waals surface area contributed by atoms with Gasteiger partial charge in [-0.15, -0.1) is 11.8 Å². The predicted octanol–water partition coefficient (Wildman–Crippen LogP) is 4.44. The Hall–Kier alpha value is -0.800. The number of nitrogens with zero attached hydrogens (tertiary/aromatic N) is 1. The topological polar surface area (TPSA) is 12.9 Å². The smallest absolute Gasteiger partial charge is 0.110 e. The fraction of sp³-hybridized carbons (Fsp3) is 0.154. The van der Waals surface area contributed by atoms with Crippen LogP contribution in [0.4, 0.5) is 0 Å². The molecule has 16 heavy (non-hydrogen) atoms. The van der Waals surface area contributed by atoms with E-state index in [1.54, 1.807) is 11.8 Å². The molecule has 0 aliphatic carbocycles. The lowest BCUT2D eigenvalue weighted by Gasteiger charge is -2.05. The Bertz CT molecular complexity index is 439. The molecular formula is C13H12BrNS. The van der Waals surface area contributed by atoms with Gasteiger partial charge < -0.3 is 0 Å². The molecule has 1 aromatic heterocycles. The normalized spacial score (nSPS) is 10.4. The number of benzene rings is 1. The Kier molecular flexibility index (Phi) is 4.02. The molecule has 1 aromatic carbocycles. The van der Waals surface area contributed by atoms with E-state index in [0.717, 1.165) is 15.3 Å². The highest BCUT2D eigenvalue weighted by Gasteiger charge is 2.03. The largest absolute Gasteiger partial charge is 0.249 e. The summed E-state index contributed by atoms with van der Waals surface area (Å²) in [6, 6.07) is 12.4. The molecular weight excluding hydrogens is 282 g/mol. The van der Waals surface area contributed by atoms with Crippen LogP contribution < -0.4 is 0 Å². The molecule has 0 saturated carbocycles. The van der Waals surface area contributed by atoms with Crippen molar-refractivity contribution in [2.24, 2.45) is 0 Å². The maximum atomic E-state index is 4.34. The first-order valence-electron chi connectivity index (χ1n) is 5.05. The molecule has 0 spiro atoms. The molecule has 82 valence electrons. The molecule has 3 heteroatoms. The second-order valence-electron chi connectivity index (χ2n) is 3.51. The number of aryl methyl sites for hydroxylation is 1. The van der Waals surface area contributed by atoms with Gasteiger partial charge >= 0.3 is 0 Å². The third-order valence-corrected chi connectivity index (χ3v) is 4.31. The van der Waals surface area contributed by atoms with Crippen LogP contribution in [-0.2, 0) is 5.75 Å². The monoisotopic (exact) mass is 293 g/mol. The summed E-state index contributed by atoms with van der Waals surface area (Å²) >= 11 is 5.26. The molecule has 2 rings (SSSR count). The fourth-order valence-electron chi connectivity index (χ4n) is 1.40. The standard InChI is InChI=1S/C13H12BrNS/c1-10-5-2-3-6-11(10)9-16-13-12(14)7-4-8-15-13/h2-8H,9H2,1H3. The maximum Gasteiger partial charge on any atom is 0.110 e. The first kappa shape index (κ1) is 11.7. The molecule has 1 nitrogen and oxygen atoms in total. The zero-order valence-electron chi connectivity index (χ0n) is 8.98. The van der Waals surface area contributed by atoms with Crippen LogP contribution in [-0.4, -0.2) is 4.98 Å². The Morgan fingerprint density at radius 1 is 1.19 bits per heavy atom. The van der Waals surface area contributed by atoms with Crippen molar-refractivity contribution in [3.63, 3.8) is 0 Å². The van der Waals surface area contributed by atoms with Gasteiger partial charge in [-0.25, -0.2) is 4.98 Å². The average Bonchev–Trinajstić information content (AvgIpc) is 2.30. The van der Waals surface area contributed by atoms with Crippen molar-refractivity contribution >= 4 is 27.7 Å². The van der Waals surface area contributed by atoms with E-state index in [4.69, 9.17) is 0 Å². The van der Waals surface area contributed by atoms with Crippen molar-refractivity contribution in [3.8, 4) is 0 Å². The molecule has 0 atom stereocenters. The molecule has 0 amide bonds. The van der Waals surface area contributed by atoms with Gasteiger partial charge in [-0.05, 0) is 46.1 Å². The molecule has 2 aromatic rings. The quantitative estimate of drug-likeness (QED) is 0.776. The average molecular weight is 294 g/mol. The van der Waals surface area contributed by atoms with Gasteiger partial charge in [0.25, 0.3) is 0 Å². The molecule has 0 unspecified atom stereocenters. The minimum atomic E-state index is 0.961. The number of hydrogen-bond acceptors (Lipinski definition) is 2. The van der Waals surface area contributed by atoms with Gasteiger partial charge in [0.05, 0.1) is 0 Å². The van der Waals surface area contributed by atoms with E-state index in [1.165, 1.54) is 11.1 Å². The minimum absolute atomic E-state index is 0.961. The summed E-state index contributed by atoms with van der Waals surface area (Å²) in [6.07, 6.45) is 1.82. The number of halogens is 1. The number of hydrogen-bond donors (Lipinski definition) is 0. The van der Waals surface area contributed by atoms with E-state index in [1.807, 2.05) is 18.3 Å². The van der Waals surface area contributed by atoms with Crippen LogP contribution in [0.15, 0.2) is 52.1 Å². The van der Waals surface area contributed by atoms with Gasteiger partial charge in [-0.3, -0.25) is 0 Å². The molecule has 0 aliphatic heterocycles. The molecule has 0 saturated heterocycles. The highest BCUT2D eigenvalue weighted by atomic mass is 79.9. The van der Waals surface area contributed by atoms with E-state index in [0.29, 0.717) is 0 Å². The van der Waals surface area contributed by atoms with E-state index in [2.05, 4.69) is 52.1 Å². The highest BCUT2D eigenvalue weighted by Crippen LogP contribution is 2.28. The summed E-state index contributed by atoms with van der Waals surface area (Å²) in [4.78, 5) is 4.34. The van der Waals surface area contributed by atoms with Crippen LogP contribution in [0.25, 0.3) is 0 Å². The van der Waals surface area contributed by atoms with E-state index < -0.39 is 0 Å². The van der Waals surface area contributed by atoms with Crippen molar-refractivity contribution in [2.75, 3.05) is 0 Å². The van der Waals surface area contributed by atoms with Crippen LogP contribution >= 0.6 is 27.7 Å². The zero-order valence-corrected chi connectivity index (χ0v) is 11.4. The summed E-state index contributed by atoms with van der Waals surface area (Å²) in [5.74, 6) is 0.961. The van der Waals surface area contributed by atoms with Crippen molar-refractivity contribution < 1.29 is 0 Å². The predicted molar refractivity (Wildman–Crippen MR) is 72.7 cm³/mol. The van der Waals surface area contributed by atoms with Gasteiger partial charge in [0, 0.05) is 16.4 Å². The van der Waals surface area contributed by atoms with E-state index in [9.17, 15) is 0 Å². The van der Waals surface area contributed by atoms with Gasteiger partial charge in [-0.1, -0.05) is 24.3 Å². The summed E-state index contributed by atoms with van der Waals surface area (Å²) in [5, 5.41) is 1.05. The SMILES string of the molecule is Cc1ccccc1CSc1ncccc1Br. The van der Waals surface area contributed by atoms with Crippen LogP contribution in [0.3, 0.4) is 0 Å². The Balaban J connectivity index is 2.09. The van der Waals surface area contributed by atoms with Crippen molar-refractivity contribution in [1.82, 2.24) is 4.98 Å². The Labute approximate surface area is 108 Å². The lowest BCUT2D eigenvalue weighted by atomic mass is 10.1. The molecule has 0 N–H and O–H groups in total. The van der Waals surface area contributed by atoms with Gasteiger partial charge in [0.2, 0.25) is 0 Å². The lowest BCUT2D eigenvalue weighted by Crippen LogP contribution is -1.87. The third-order valence-electron chi connectivity index (χ3n) is 2.35. The minimum Gasteiger partial charge on any atom is -0.249 e. The molecule has 0 fully saturated rings. The summed E-state index contributed by atoms with van der Waals surface area (Å²) in [7, 11) is 0. The number of pyridine rings is 1. The first-order chi connectivity index (χ1) is 7.77. The molecule has 0 radical (unpaired) electrons. The summed E-state index contributed by atoms with van der Waals surface area (Å²) < 4.78 is 1.06. The Morgan fingerprint density at radius 3 is 2.75 bits per heavy atom. The van der Waals surface area contributed by atoms with Crippen molar-refractivity contribution in [2.45, 2.75) is 17.7 Å². The number of rotatable bonds is 3. The summed E-state index contributed by atoms with van der Waals surface area (Å²) in [6.45, 7) is 2.14. The van der Waals surface area contributed by atoms with E-state index in [-0.39, 0.29) is 0 Å². The fourth-order valence-corrected chi connectivity index (χ4v) is 2.95. The van der Waals surface area contributed by atoms with Crippen LogP contribution in [0.5, 0.6) is 0 Å². The second-order valence-corrected chi connectivity index (χ2v) is 5.32. The first-order valence-corrected chi connectivity index (χ1v) is 6.83. The summed E-state index contributed by atoms with van der Waals surface area (Å²) in [5.41, 5.74) is 2.70. The number of thioether (sulfide) groups is 1. The second kappa shape index (κ2) is 5.51. The van der Waals surface area contributed by atoms with E-state index >= 15 is 0 Å².